The van der Waals surface area contributed by atoms with Gasteiger partial charge in [0.05, 0.1) is 10.9 Å². The van der Waals surface area contributed by atoms with Gasteiger partial charge in [0, 0.05) is 4.88 Å². The molecule has 112 valence electrons. The number of benzene rings is 1. The Morgan fingerprint density at radius 3 is 2.95 bits per heavy atom. The number of aromatic hydroxyl groups is 1. The molecule has 2 aromatic rings. The fraction of sp³-hybridized carbons (Fsp3) is 0.167. The zero-order valence-electron chi connectivity index (χ0n) is 12.2. The number of hydrogen-bond acceptors (Lipinski definition) is 3. The van der Waals surface area contributed by atoms with Crippen molar-refractivity contribution in [2.24, 2.45) is 0 Å². The summed E-state index contributed by atoms with van der Waals surface area (Å²) in [6.45, 7) is 2.03. The number of allylic oxidation sites excluding steroid dienone is 2. The molecule has 0 radical (unpaired) electrons. The number of nitrogens with one attached hydrogen (secondary N) is 1. The molecule has 0 bridgehead atoms. The summed E-state index contributed by atoms with van der Waals surface area (Å²) in [4.78, 5) is 14.0. The van der Waals surface area contributed by atoms with Gasteiger partial charge in [-0.1, -0.05) is 35.9 Å². The molecule has 0 spiro atoms. The molecule has 1 atom stereocenters. The highest BCUT2D eigenvalue weighted by molar-refractivity contribution is 7.17. The lowest BCUT2D eigenvalue weighted by atomic mass is 10.0. The van der Waals surface area contributed by atoms with Crippen LogP contribution in [0.15, 0.2) is 60.2 Å². The van der Waals surface area contributed by atoms with Crippen molar-refractivity contribution in [1.82, 2.24) is 5.32 Å². The van der Waals surface area contributed by atoms with E-state index in [1.807, 2.05) is 37.3 Å². The van der Waals surface area contributed by atoms with E-state index in [0.717, 1.165) is 16.9 Å². The summed E-state index contributed by atoms with van der Waals surface area (Å²) in [5.74, 6) is 0.177. The third kappa shape index (κ3) is 3.12. The van der Waals surface area contributed by atoms with Crippen LogP contribution in [-0.2, 0) is 0 Å². The first-order chi connectivity index (χ1) is 10.6. The van der Waals surface area contributed by atoms with Gasteiger partial charge in [0.2, 0.25) is 0 Å². The van der Waals surface area contributed by atoms with Gasteiger partial charge in [-0.15, -0.1) is 11.3 Å². The highest BCUT2D eigenvalue weighted by Crippen LogP contribution is 2.30. The first kappa shape index (κ1) is 14.6. The normalized spacial score (nSPS) is 17.1. The number of carbonyl (C=O) groups is 1. The molecular formula is C18H17NO2S. The molecule has 0 fully saturated rings. The van der Waals surface area contributed by atoms with Crippen LogP contribution in [0.25, 0.3) is 10.4 Å². The van der Waals surface area contributed by atoms with Gasteiger partial charge >= 0.3 is 0 Å². The largest absolute Gasteiger partial charge is 0.508 e. The van der Waals surface area contributed by atoms with E-state index in [2.05, 4.69) is 11.4 Å². The Morgan fingerprint density at radius 1 is 1.32 bits per heavy atom. The molecule has 1 aromatic carbocycles. The molecule has 1 aliphatic rings. The summed E-state index contributed by atoms with van der Waals surface area (Å²) in [5.41, 5.74) is 2.08. The molecule has 1 aromatic heterocycles. The number of thiophene rings is 1. The summed E-state index contributed by atoms with van der Waals surface area (Å²) < 4.78 is 0. The van der Waals surface area contributed by atoms with Crippen molar-refractivity contribution in [3.8, 4) is 16.2 Å². The SMILES string of the molecule is CC1=CC=CCC1NC(=O)c1ccc(-c2cccc(O)c2)s1. The van der Waals surface area contributed by atoms with Crippen LogP contribution >= 0.6 is 11.3 Å². The van der Waals surface area contributed by atoms with E-state index >= 15 is 0 Å². The van der Waals surface area contributed by atoms with E-state index in [-0.39, 0.29) is 17.7 Å². The van der Waals surface area contributed by atoms with E-state index in [4.69, 9.17) is 0 Å². The van der Waals surface area contributed by atoms with Crippen LogP contribution in [-0.4, -0.2) is 17.1 Å². The molecule has 3 rings (SSSR count). The second-order valence-corrected chi connectivity index (χ2v) is 6.40. The number of carbonyl (C=O) groups excluding carboxylic acids is 1. The maximum absolute atomic E-state index is 12.4. The van der Waals surface area contributed by atoms with Crippen molar-refractivity contribution in [3.63, 3.8) is 0 Å². The number of hydrogen-bond donors (Lipinski definition) is 2. The lowest BCUT2D eigenvalue weighted by Crippen LogP contribution is -2.35. The molecule has 1 heterocycles. The summed E-state index contributed by atoms with van der Waals surface area (Å²) in [6.07, 6.45) is 6.94. The topological polar surface area (TPSA) is 49.3 Å². The predicted molar refractivity (Wildman–Crippen MR) is 90.2 cm³/mol. The Kier molecular flexibility index (Phi) is 4.11. The minimum Gasteiger partial charge on any atom is -0.508 e. The van der Waals surface area contributed by atoms with Crippen molar-refractivity contribution in [1.29, 1.82) is 0 Å². The minimum atomic E-state index is -0.0514. The average molecular weight is 311 g/mol. The number of rotatable bonds is 3. The average Bonchev–Trinajstić information content (AvgIpc) is 2.99. The molecule has 4 heteroatoms. The quantitative estimate of drug-likeness (QED) is 0.895. The molecule has 2 N–H and O–H groups in total. The Bertz CT molecular complexity index is 758. The maximum atomic E-state index is 12.4. The maximum Gasteiger partial charge on any atom is 0.261 e. The first-order valence-corrected chi connectivity index (χ1v) is 7.98. The first-order valence-electron chi connectivity index (χ1n) is 7.17. The van der Waals surface area contributed by atoms with Gasteiger partial charge in [0.25, 0.3) is 5.91 Å². The minimum absolute atomic E-state index is 0.0514. The third-order valence-corrected chi connectivity index (χ3v) is 4.82. The van der Waals surface area contributed by atoms with Crippen molar-refractivity contribution in [2.75, 3.05) is 0 Å². The van der Waals surface area contributed by atoms with Crippen molar-refractivity contribution >= 4 is 17.2 Å². The van der Waals surface area contributed by atoms with E-state index < -0.39 is 0 Å². The van der Waals surface area contributed by atoms with Gasteiger partial charge in [0.1, 0.15) is 5.75 Å². The van der Waals surface area contributed by atoms with Crippen molar-refractivity contribution in [2.45, 2.75) is 19.4 Å². The van der Waals surface area contributed by atoms with Gasteiger partial charge < -0.3 is 10.4 Å². The van der Waals surface area contributed by atoms with E-state index in [1.54, 1.807) is 18.2 Å². The van der Waals surface area contributed by atoms with Gasteiger partial charge in [-0.25, -0.2) is 0 Å². The number of phenolic OH excluding ortho intramolecular Hbond substituents is 1. The molecule has 0 aliphatic heterocycles. The van der Waals surface area contributed by atoms with Crippen LogP contribution in [0.5, 0.6) is 5.75 Å². The Hall–Kier alpha value is -2.33. The molecule has 22 heavy (non-hydrogen) atoms. The molecule has 0 saturated heterocycles. The van der Waals surface area contributed by atoms with E-state index in [1.165, 1.54) is 16.9 Å². The van der Waals surface area contributed by atoms with Crippen LogP contribution in [0.3, 0.4) is 0 Å². The van der Waals surface area contributed by atoms with E-state index in [9.17, 15) is 9.90 Å². The zero-order chi connectivity index (χ0) is 15.5. The molecule has 3 nitrogen and oxygen atoms in total. The second kappa shape index (κ2) is 6.20. The van der Waals surface area contributed by atoms with Crippen molar-refractivity contribution in [3.05, 3.63) is 65.1 Å². The summed E-state index contributed by atoms with van der Waals surface area (Å²) in [7, 11) is 0. The molecule has 1 aliphatic carbocycles. The van der Waals surface area contributed by atoms with Crippen LogP contribution in [0, 0.1) is 0 Å². The summed E-state index contributed by atoms with van der Waals surface area (Å²) in [6, 6.07) is 10.9. The highest BCUT2D eigenvalue weighted by Gasteiger charge is 2.17. The summed E-state index contributed by atoms with van der Waals surface area (Å²) in [5, 5.41) is 12.6. The highest BCUT2D eigenvalue weighted by atomic mass is 32.1. The third-order valence-electron chi connectivity index (χ3n) is 3.68. The van der Waals surface area contributed by atoms with Crippen LogP contribution < -0.4 is 5.32 Å². The monoisotopic (exact) mass is 311 g/mol. The second-order valence-electron chi connectivity index (χ2n) is 5.31. The standard InChI is InChI=1S/C18H17NO2S/c1-12-5-2-3-8-15(12)19-18(21)17-10-9-16(22-17)13-6-4-7-14(20)11-13/h2-7,9-11,15,20H,8H2,1H3,(H,19,21). The summed E-state index contributed by atoms with van der Waals surface area (Å²) >= 11 is 1.43. The van der Waals surface area contributed by atoms with Crippen LogP contribution in [0.2, 0.25) is 0 Å². The fourth-order valence-electron chi connectivity index (χ4n) is 2.41. The van der Waals surface area contributed by atoms with Gasteiger partial charge in [-0.3, -0.25) is 4.79 Å². The van der Waals surface area contributed by atoms with Gasteiger partial charge in [0.15, 0.2) is 0 Å². The predicted octanol–water partition coefficient (Wildman–Crippen LogP) is 4.13. The fourth-order valence-corrected chi connectivity index (χ4v) is 3.32. The lowest BCUT2D eigenvalue weighted by molar-refractivity contribution is 0.0947. The number of phenols is 1. The zero-order valence-corrected chi connectivity index (χ0v) is 13.1. The van der Waals surface area contributed by atoms with Crippen molar-refractivity contribution < 1.29 is 9.90 Å². The van der Waals surface area contributed by atoms with Gasteiger partial charge in [-0.05, 0) is 43.2 Å². The van der Waals surface area contributed by atoms with E-state index in [0.29, 0.717) is 4.88 Å². The Labute approximate surface area is 133 Å². The molecule has 1 amide bonds. The Balaban J connectivity index is 1.75. The lowest BCUT2D eigenvalue weighted by Gasteiger charge is -2.19. The molecule has 1 unspecified atom stereocenters. The van der Waals surface area contributed by atoms with Crippen LogP contribution in [0.1, 0.15) is 23.0 Å². The van der Waals surface area contributed by atoms with Crippen LogP contribution in [0.4, 0.5) is 0 Å². The van der Waals surface area contributed by atoms with Gasteiger partial charge in [-0.2, -0.15) is 0 Å². The molecular weight excluding hydrogens is 294 g/mol. The smallest absolute Gasteiger partial charge is 0.261 e. The Morgan fingerprint density at radius 2 is 2.18 bits per heavy atom. The molecule has 0 saturated carbocycles. The number of amides is 1.